The van der Waals surface area contributed by atoms with Crippen LogP contribution in [0.2, 0.25) is 0 Å². The van der Waals surface area contributed by atoms with Crippen molar-refractivity contribution in [3.05, 3.63) is 11.7 Å². The Labute approximate surface area is 88.8 Å². The predicted molar refractivity (Wildman–Crippen MR) is 54.9 cm³/mol. The number of hydrogen-bond donors (Lipinski definition) is 1. The van der Waals surface area contributed by atoms with Gasteiger partial charge in [0, 0.05) is 12.7 Å². The highest BCUT2D eigenvalue weighted by Gasteiger charge is 2.22. The molecule has 0 amide bonds. The monoisotopic (exact) mass is 233 g/mol. The molecule has 0 aliphatic carbocycles. The van der Waals surface area contributed by atoms with E-state index in [-0.39, 0.29) is 12.2 Å². The van der Waals surface area contributed by atoms with Crippen LogP contribution in [0.1, 0.15) is 25.6 Å². The minimum atomic E-state index is -3.00. The molecule has 0 spiro atoms. The van der Waals surface area contributed by atoms with Crippen LogP contribution < -0.4 is 5.73 Å². The average Bonchev–Trinajstić information content (AvgIpc) is 2.45. The Balaban J connectivity index is 2.70. The number of sulfone groups is 1. The molecule has 86 valence electrons. The second kappa shape index (κ2) is 3.90. The molecule has 2 N–H and O–H groups in total. The van der Waals surface area contributed by atoms with Gasteiger partial charge >= 0.3 is 0 Å². The first kappa shape index (κ1) is 12.1. The lowest BCUT2D eigenvalue weighted by Gasteiger charge is -2.10. The molecule has 0 aliphatic rings. The largest absolute Gasteiger partial charge is 0.337 e. The first-order valence-electron chi connectivity index (χ1n) is 4.48. The van der Waals surface area contributed by atoms with Gasteiger partial charge in [0.25, 0.3) is 0 Å². The SMILES string of the molecule is CC(C)(N)c1nc(CCS(C)(=O)=O)no1. The van der Waals surface area contributed by atoms with Crippen molar-refractivity contribution in [1.29, 1.82) is 0 Å². The van der Waals surface area contributed by atoms with Crippen LogP contribution in [-0.4, -0.2) is 30.6 Å². The number of rotatable bonds is 4. The van der Waals surface area contributed by atoms with E-state index < -0.39 is 15.4 Å². The highest BCUT2D eigenvalue weighted by atomic mass is 32.2. The molecule has 1 aromatic rings. The van der Waals surface area contributed by atoms with Gasteiger partial charge in [-0.1, -0.05) is 5.16 Å². The van der Waals surface area contributed by atoms with Gasteiger partial charge in [0.2, 0.25) is 5.89 Å². The molecule has 7 heteroatoms. The van der Waals surface area contributed by atoms with Crippen molar-refractivity contribution in [2.45, 2.75) is 25.8 Å². The second-order valence-corrected chi connectivity index (χ2v) is 6.38. The van der Waals surface area contributed by atoms with Gasteiger partial charge < -0.3 is 10.3 Å². The van der Waals surface area contributed by atoms with Crippen LogP contribution in [0.15, 0.2) is 4.52 Å². The maximum atomic E-state index is 10.9. The van der Waals surface area contributed by atoms with Gasteiger partial charge in [-0.15, -0.1) is 0 Å². The molecular formula is C8H15N3O3S. The molecule has 0 aromatic carbocycles. The molecule has 15 heavy (non-hydrogen) atoms. The van der Waals surface area contributed by atoms with E-state index in [0.29, 0.717) is 11.7 Å². The van der Waals surface area contributed by atoms with Gasteiger partial charge in [0.15, 0.2) is 5.82 Å². The Morgan fingerprint density at radius 2 is 2.07 bits per heavy atom. The Morgan fingerprint density at radius 1 is 1.47 bits per heavy atom. The molecule has 0 saturated carbocycles. The van der Waals surface area contributed by atoms with Crippen molar-refractivity contribution in [1.82, 2.24) is 10.1 Å². The Morgan fingerprint density at radius 3 is 2.47 bits per heavy atom. The molecule has 0 unspecified atom stereocenters. The summed E-state index contributed by atoms with van der Waals surface area (Å²) in [5.74, 6) is 0.691. The Kier molecular flexibility index (Phi) is 3.15. The maximum Gasteiger partial charge on any atom is 0.246 e. The molecule has 6 nitrogen and oxygen atoms in total. The van der Waals surface area contributed by atoms with Gasteiger partial charge in [0.05, 0.1) is 11.3 Å². The van der Waals surface area contributed by atoms with Crippen LogP contribution >= 0.6 is 0 Å². The molecule has 1 heterocycles. The summed E-state index contributed by atoms with van der Waals surface area (Å²) in [6.07, 6.45) is 1.42. The zero-order valence-corrected chi connectivity index (χ0v) is 9.84. The van der Waals surface area contributed by atoms with Crippen molar-refractivity contribution < 1.29 is 12.9 Å². The fourth-order valence-corrected chi connectivity index (χ4v) is 1.45. The number of aryl methyl sites for hydroxylation is 1. The lowest BCUT2D eigenvalue weighted by Crippen LogP contribution is -2.29. The molecule has 0 atom stereocenters. The van der Waals surface area contributed by atoms with Crippen molar-refractivity contribution in [2.75, 3.05) is 12.0 Å². The number of nitrogens with two attached hydrogens (primary N) is 1. The lowest BCUT2D eigenvalue weighted by molar-refractivity contribution is 0.310. The van der Waals surface area contributed by atoms with Crippen LogP contribution in [-0.2, 0) is 21.8 Å². The highest BCUT2D eigenvalue weighted by molar-refractivity contribution is 7.90. The van der Waals surface area contributed by atoms with Crippen molar-refractivity contribution >= 4 is 9.84 Å². The summed E-state index contributed by atoms with van der Waals surface area (Å²) in [6, 6.07) is 0. The summed E-state index contributed by atoms with van der Waals surface area (Å²) in [4.78, 5) is 4.02. The van der Waals surface area contributed by atoms with E-state index in [2.05, 4.69) is 10.1 Å². The first-order chi connectivity index (χ1) is 6.68. The summed E-state index contributed by atoms with van der Waals surface area (Å²) in [7, 11) is -3.00. The summed E-state index contributed by atoms with van der Waals surface area (Å²) < 4.78 is 26.7. The maximum absolute atomic E-state index is 10.9. The van der Waals surface area contributed by atoms with E-state index >= 15 is 0 Å². The minimum absolute atomic E-state index is 0.0109. The summed E-state index contributed by atoms with van der Waals surface area (Å²) in [6.45, 7) is 3.47. The fraction of sp³-hybridized carbons (Fsp3) is 0.750. The fourth-order valence-electron chi connectivity index (χ4n) is 0.894. The van der Waals surface area contributed by atoms with Gasteiger partial charge in [-0.05, 0) is 13.8 Å². The van der Waals surface area contributed by atoms with Gasteiger partial charge in [-0.2, -0.15) is 4.98 Å². The van der Waals surface area contributed by atoms with Crippen LogP contribution in [0.4, 0.5) is 0 Å². The second-order valence-electron chi connectivity index (χ2n) is 4.12. The van der Waals surface area contributed by atoms with Crippen molar-refractivity contribution in [3.8, 4) is 0 Å². The highest BCUT2D eigenvalue weighted by Crippen LogP contribution is 2.13. The minimum Gasteiger partial charge on any atom is -0.337 e. The van der Waals surface area contributed by atoms with Crippen LogP contribution in [0.25, 0.3) is 0 Å². The molecule has 0 bridgehead atoms. The van der Waals surface area contributed by atoms with Gasteiger partial charge in [0.1, 0.15) is 9.84 Å². The van der Waals surface area contributed by atoms with E-state index in [1.807, 2.05) is 0 Å². The number of hydrogen-bond acceptors (Lipinski definition) is 6. The number of nitrogens with zero attached hydrogens (tertiary/aromatic N) is 2. The molecular weight excluding hydrogens is 218 g/mol. The van der Waals surface area contributed by atoms with Crippen LogP contribution in [0.5, 0.6) is 0 Å². The Hall–Kier alpha value is -0.950. The topological polar surface area (TPSA) is 99.1 Å². The normalized spacial score (nSPS) is 13.1. The van der Waals surface area contributed by atoms with E-state index in [9.17, 15) is 8.42 Å². The third kappa shape index (κ3) is 3.96. The molecule has 0 fully saturated rings. The first-order valence-corrected chi connectivity index (χ1v) is 6.54. The lowest BCUT2D eigenvalue weighted by atomic mass is 10.1. The number of aromatic nitrogens is 2. The third-order valence-electron chi connectivity index (χ3n) is 1.72. The summed E-state index contributed by atoms with van der Waals surface area (Å²) >= 11 is 0. The van der Waals surface area contributed by atoms with Crippen molar-refractivity contribution in [3.63, 3.8) is 0 Å². The van der Waals surface area contributed by atoms with E-state index in [1.165, 1.54) is 6.26 Å². The molecule has 1 aromatic heterocycles. The zero-order chi connectivity index (χ0) is 11.7. The van der Waals surface area contributed by atoms with E-state index in [4.69, 9.17) is 10.3 Å². The summed E-state index contributed by atoms with van der Waals surface area (Å²) in [5.41, 5.74) is 5.04. The standard InChI is InChI=1S/C8H15N3O3S/c1-8(2,9)7-10-6(11-14-7)4-5-15(3,12)13/h4-5,9H2,1-3H3. The Bertz CT molecular complexity index is 430. The predicted octanol–water partition coefficient (Wildman–Crippen LogP) is -0.149. The van der Waals surface area contributed by atoms with Gasteiger partial charge in [-0.3, -0.25) is 0 Å². The van der Waals surface area contributed by atoms with Crippen LogP contribution in [0.3, 0.4) is 0 Å². The average molecular weight is 233 g/mol. The molecule has 0 saturated heterocycles. The quantitative estimate of drug-likeness (QED) is 0.776. The van der Waals surface area contributed by atoms with Crippen molar-refractivity contribution in [2.24, 2.45) is 5.73 Å². The smallest absolute Gasteiger partial charge is 0.246 e. The molecule has 1 rings (SSSR count). The van der Waals surface area contributed by atoms with E-state index in [0.717, 1.165) is 0 Å². The van der Waals surface area contributed by atoms with Crippen LogP contribution in [0, 0.1) is 0 Å². The summed E-state index contributed by atoms with van der Waals surface area (Å²) in [5, 5.41) is 3.66. The molecule has 0 radical (unpaired) electrons. The zero-order valence-electron chi connectivity index (χ0n) is 9.02. The van der Waals surface area contributed by atoms with Gasteiger partial charge in [-0.25, -0.2) is 8.42 Å². The van der Waals surface area contributed by atoms with E-state index in [1.54, 1.807) is 13.8 Å². The third-order valence-corrected chi connectivity index (χ3v) is 2.66. The molecule has 0 aliphatic heterocycles.